The van der Waals surface area contributed by atoms with Gasteiger partial charge in [-0.3, -0.25) is 9.78 Å². The van der Waals surface area contributed by atoms with Gasteiger partial charge in [0.1, 0.15) is 5.82 Å². The normalized spacial score (nSPS) is 10.2. The summed E-state index contributed by atoms with van der Waals surface area (Å²) in [6.45, 7) is 0.443. The van der Waals surface area contributed by atoms with Gasteiger partial charge in [-0.2, -0.15) is 0 Å². The summed E-state index contributed by atoms with van der Waals surface area (Å²) < 4.78 is 0.787. The Labute approximate surface area is 107 Å². The Bertz CT molecular complexity index is 512. The van der Waals surface area contributed by atoms with Gasteiger partial charge in [-0.1, -0.05) is 0 Å². The highest BCUT2D eigenvalue weighted by molar-refractivity contribution is 9.10. The Balaban J connectivity index is 2.09. The van der Waals surface area contributed by atoms with E-state index in [1.54, 1.807) is 42.8 Å². The van der Waals surface area contributed by atoms with Crippen LogP contribution in [0.25, 0.3) is 0 Å². The molecule has 0 aromatic carbocycles. The minimum absolute atomic E-state index is 0.0878. The molecule has 0 bridgehead atoms. The van der Waals surface area contributed by atoms with E-state index in [1.165, 1.54) is 0 Å². The first-order valence-corrected chi connectivity index (χ1v) is 5.80. The molecule has 1 N–H and O–H groups in total. The number of aromatic amines is 1. The van der Waals surface area contributed by atoms with Gasteiger partial charge in [0.05, 0.1) is 12.1 Å². The SMILES string of the molecule is CN(Cc1ncc[nH]1)C(=O)c1cncc(Br)c1. The van der Waals surface area contributed by atoms with E-state index in [1.807, 2.05) is 0 Å². The van der Waals surface area contributed by atoms with Gasteiger partial charge in [0.2, 0.25) is 0 Å². The minimum atomic E-state index is -0.0878. The number of hydrogen-bond donors (Lipinski definition) is 1. The van der Waals surface area contributed by atoms with Crippen molar-refractivity contribution in [3.05, 3.63) is 46.7 Å². The number of imidazole rings is 1. The molecule has 0 saturated carbocycles. The number of rotatable bonds is 3. The fraction of sp³-hybridized carbons (Fsp3) is 0.182. The first-order chi connectivity index (χ1) is 8.16. The van der Waals surface area contributed by atoms with Crippen LogP contribution in [0.3, 0.4) is 0 Å². The lowest BCUT2D eigenvalue weighted by molar-refractivity contribution is 0.0781. The lowest BCUT2D eigenvalue weighted by Gasteiger charge is -2.15. The number of aromatic nitrogens is 3. The van der Waals surface area contributed by atoms with E-state index in [9.17, 15) is 4.79 Å². The summed E-state index contributed by atoms with van der Waals surface area (Å²) in [4.78, 5) is 24.6. The zero-order valence-corrected chi connectivity index (χ0v) is 10.8. The molecule has 0 aliphatic heterocycles. The standard InChI is InChI=1S/C11H11BrN4O/c1-16(7-10-14-2-3-15-10)11(17)8-4-9(12)6-13-5-8/h2-6H,7H2,1H3,(H,14,15). The highest BCUT2D eigenvalue weighted by Crippen LogP contribution is 2.11. The maximum absolute atomic E-state index is 12.0. The highest BCUT2D eigenvalue weighted by atomic mass is 79.9. The van der Waals surface area contributed by atoms with E-state index < -0.39 is 0 Å². The Hall–Kier alpha value is -1.69. The molecule has 2 aromatic rings. The largest absolute Gasteiger partial charge is 0.347 e. The van der Waals surface area contributed by atoms with Gasteiger partial charge in [-0.05, 0) is 22.0 Å². The van der Waals surface area contributed by atoms with Gasteiger partial charge >= 0.3 is 0 Å². The van der Waals surface area contributed by atoms with Crippen LogP contribution in [0.15, 0.2) is 35.3 Å². The van der Waals surface area contributed by atoms with Crippen LogP contribution < -0.4 is 0 Å². The van der Waals surface area contributed by atoms with Gasteiger partial charge < -0.3 is 9.88 Å². The third-order valence-corrected chi connectivity index (χ3v) is 2.67. The Kier molecular flexibility index (Phi) is 3.53. The summed E-state index contributed by atoms with van der Waals surface area (Å²) >= 11 is 3.29. The van der Waals surface area contributed by atoms with Gasteiger partial charge in [0.15, 0.2) is 0 Å². The predicted molar refractivity (Wildman–Crippen MR) is 66.3 cm³/mol. The van der Waals surface area contributed by atoms with E-state index in [0.717, 1.165) is 10.3 Å². The smallest absolute Gasteiger partial charge is 0.255 e. The topological polar surface area (TPSA) is 61.9 Å². The molecule has 0 fully saturated rings. The first-order valence-electron chi connectivity index (χ1n) is 5.01. The molecule has 0 spiro atoms. The van der Waals surface area contributed by atoms with Gasteiger partial charge in [0.25, 0.3) is 5.91 Å². The molecule has 0 aliphatic carbocycles. The van der Waals surface area contributed by atoms with Crippen molar-refractivity contribution in [3.63, 3.8) is 0 Å². The number of amides is 1. The molecule has 2 heterocycles. The van der Waals surface area contributed by atoms with Crippen molar-refractivity contribution in [1.82, 2.24) is 19.9 Å². The maximum Gasteiger partial charge on any atom is 0.255 e. The van der Waals surface area contributed by atoms with Crippen LogP contribution >= 0.6 is 15.9 Å². The maximum atomic E-state index is 12.0. The van der Waals surface area contributed by atoms with E-state index in [0.29, 0.717) is 12.1 Å². The molecular weight excluding hydrogens is 284 g/mol. The number of carbonyl (C=O) groups excluding carboxylic acids is 1. The number of nitrogens with one attached hydrogen (secondary N) is 1. The molecule has 6 heteroatoms. The highest BCUT2D eigenvalue weighted by Gasteiger charge is 2.13. The molecular formula is C11H11BrN4O. The van der Waals surface area contributed by atoms with E-state index in [-0.39, 0.29) is 5.91 Å². The number of pyridine rings is 1. The second-order valence-electron chi connectivity index (χ2n) is 3.59. The summed E-state index contributed by atoms with van der Waals surface area (Å²) in [6, 6.07) is 1.74. The van der Waals surface area contributed by atoms with Crippen LogP contribution in [0.1, 0.15) is 16.2 Å². The molecule has 0 atom stereocenters. The lowest BCUT2D eigenvalue weighted by Crippen LogP contribution is -2.26. The lowest BCUT2D eigenvalue weighted by atomic mass is 10.2. The summed E-state index contributed by atoms with van der Waals surface area (Å²) in [5.74, 6) is 0.666. The van der Waals surface area contributed by atoms with Crippen molar-refractivity contribution < 1.29 is 4.79 Å². The first kappa shape index (κ1) is 11.8. The van der Waals surface area contributed by atoms with Gasteiger partial charge in [-0.15, -0.1) is 0 Å². The number of H-pyrrole nitrogens is 1. The molecule has 88 valence electrons. The molecule has 2 rings (SSSR count). The molecule has 0 saturated heterocycles. The molecule has 5 nitrogen and oxygen atoms in total. The molecule has 1 amide bonds. The quantitative estimate of drug-likeness (QED) is 0.940. The van der Waals surface area contributed by atoms with Crippen molar-refractivity contribution in [2.75, 3.05) is 7.05 Å². The average molecular weight is 295 g/mol. The zero-order chi connectivity index (χ0) is 12.3. The number of carbonyl (C=O) groups is 1. The monoisotopic (exact) mass is 294 g/mol. The van der Waals surface area contributed by atoms with Crippen LogP contribution in [0.5, 0.6) is 0 Å². The Morgan fingerprint density at radius 1 is 1.53 bits per heavy atom. The molecule has 0 aliphatic rings. The number of halogens is 1. The van der Waals surface area contributed by atoms with Crippen LogP contribution in [-0.4, -0.2) is 32.8 Å². The zero-order valence-electron chi connectivity index (χ0n) is 9.22. The fourth-order valence-electron chi connectivity index (χ4n) is 1.43. The van der Waals surface area contributed by atoms with Crippen molar-refractivity contribution in [3.8, 4) is 0 Å². The molecule has 2 aromatic heterocycles. The predicted octanol–water partition coefficient (Wildman–Crippen LogP) is 1.84. The van der Waals surface area contributed by atoms with E-state index in [2.05, 4.69) is 30.9 Å². The van der Waals surface area contributed by atoms with Crippen molar-refractivity contribution >= 4 is 21.8 Å². The van der Waals surface area contributed by atoms with Gasteiger partial charge in [0, 0.05) is 36.3 Å². The fourth-order valence-corrected chi connectivity index (χ4v) is 1.79. The Morgan fingerprint density at radius 3 is 3.00 bits per heavy atom. The van der Waals surface area contributed by atoms with Crippen LogP contribution in [-0.2, 0) is 6.54 Å². The van der Waals surface area contributed by atoms with Crippen LogP contribution in [0.2, 0.25) is 0 Å². The third kappa shape index (κ3) is 2.91. The summed E-state index contributed by atoms with van der Waals surface area (Å²) in [6.07, 6.45) is 6.58. The number of hydrogen-bond acceptors (Lipinski definition) is 3. The van der Waals surface area contributed by atoms with Crippen molar-refractivity contribution in [2.24, 2.45) is 0 Å². The molecule has 0 unspecified atom stereocenters. The van der Waals surface area contributed by atoms with Crippen molar-refractivity contribution in [2.45, 2.75) is 6.54 Å². The summed E-state index contributed by atoms with van der Waals surface area (Å²) in [7, 11) is 1.73. The summed E-state index contributed by atoms with van der Waals surface area (Å²) in [5, 5.41) is 0. The number of nitrogens with zero attached hydrogens (tertiary/aromatic N) is 3. The second-order valence-corrected chi connectivity index (χ2v) is 4.50. The summed E-state index contributed by atoms with van der Waals surface area (Å²) in [5.41, 5.74) is 0.549. The second kappa shape index (κ2) is 5.09. The third-order valence-electron chi connectivity index (χ3n) is 2.24. The average Bonchev–Trinajstić information content (AvgIpc) is 2.80. The molecule has 17 heavy (non-hydrogen) atoms. The van der Waals surface area contributed by atoms with Crippen molar-refractivity contribution in [1.29, 1.82) is 0 Å². The van der Waals surface area contributed by atoms with E-state index >= 15 is 0 Å². The Morgan fingerprint density at radius 2 is 2.35 bits per heavy atom. The minimum Gasteiger partial charge on any atom is -0.347 e. The van der Waals surface area contributed by atoms with E-state index in [4.69, 9.17) is 0 Å². The van der Waals surface area contributed by atoms with Crippen LogP contribution in [0.4, 0.5) is 0 Å². The molecule has 0 radical (unpaired) electrons. The van der Waals surface area contributed by atoms with Crippen LogP contribution in [0, 0.1) is 0 Å². The van der Waals surface area contributed by atoms with Gasteiger partial charge in [-0.25, -0.2) is 4.98 Å².